The second-order valence-corrected chi connectivity index (χ2v) is 5.30. The summed E-state index contributed by atoms with van der Waals surface area (Å²) < 4.78 is 7.20. The van der Waals surface area contributed by atoms with Crippen molar-refractivity contribution in [3.8, 4) is 0 Å². The van der Waals surface area contributed by atoms with Crippen molar-refractivity contribution < 1.29 is 4.74 Å². The molecular weight excluding hydrogens is 276 g/mol. The van der Waals surface area contributed by atoms with Crippen LogP contribution < -0.4 is 10.9 Å². The highest BCUT2D eigenvalue weighted by Gasteiger charge is 2.14. The molecule has 0 atom stereocenters. The van der Waals surface area contributed by atoms with Gasteiger partial charge in [-0.25, -0.2) is 9.97 Å². The molecule has 3 heterocycles. The predicted molar refractivity (Wildman–Crippen MR) is 80.6 cm³/mol. The zero-order valence-electron chi connectivity index (χ0n) is 11.2. The maximum absolute atomic E-state index is 12.4. The molecule has 0 fully saturated rings. The average molecular weight is 290 g/mol. The number of nitrogens with one attached hydrogen (secondary N) is 1. The van der Waals surface area contributed by atoms with Crippen LogP contribution in [0.25, 0.3) is 20.4 Å². The average Bonchev–Trinajstić information content (AvgIpc) is 2.86. The van der Waals surface area contributed by atoms with Crippen LogP contribution in [-0.4, -0.2) is 35.3 Å². The summed E-state index contributed by atoms with van der Waals surface area (Å²) in [6, 6.07) is 1.88. The summed E-state index contributed by atoms with van der Waals surface area (Å²) in [4.78, 5) is 22.0. The minimum Gasteiger partial charge on any atom is -0.387 e. The minimum atomic E-state index is -0.0443. The fourth-order valence-corrected chi connectivity index (χ4v) is 3.21. The van der Waals surface area contributed by atoms with Gasteiger partial charge in [0.25, 0.3) is 5.56 Å². The van der Waals surface area contributed by atoms with E-state index in [1.54, 1.807) is 24.2 Å². The summed E-state index contributed by atoms with van der Waals surface area (Å²) in [6.45, 7) is 0.983. The van der Waals surface area contributed by atoms with Crippen molar-refractivity contribution in [1.29, 1.82) is 0 Å². The molecule has 0 aliphatic carbocycles. The van der Waals surface area contributed by atoms with E-state index < -0.39 is 0 Å². The molecule has 0 radical (unpaired) electrons. The zero-order chi connectivity index (χ0) is 14.1. The zero-order valence-corrected chi connectivity index (χ0v) is 12.0. The lowest BCUT2D eigenvalue weighted by atomic mass is 10.2. The maximum atomic E-state index is 12.4. The number of hydrogen-bond acceptors (Lipinski definition) is 6. The van der Waals surface area contributed by atoms with Crippen molar-refractivity contribution in [2.75, 3.05) is 26.1 Å². The van der Waals surface area contributed by atoms with Gasteiger partial charge < -0.3 is 10.1 Å². The molecule has 3 aromatic heterocycles. The third-order valence-corrected chi connectivity index (χ3v) is 4.23. The van der Waals surface area contributed by atoms with Gasteiger partial charge in [0.2, 0.25) is 0 Å². The third-order valence-electron chi connectivity index (χ3n) is 3.15. The first-order chi connectivity index (χ1) is 9.76. The van der Waals surface area contributed by atoms with Crippen LogP contribution in [0.15, 0.2) is 23.4 Å². The minimum absolute atomic E-state index is 0.0443. The standard InChI is InChI=1S/C13H14N4O2S/c1-14-8-3-4-15-12-9(8)10-11(20-12)13(18)17(7-16-10)5-6-19-2/h3-4,7H,5-6H2,1-2H3,(H,14,15). The summed E-state index contributed by atoms with van der Waals surface area (Å²) in [6.07, 6.45) is 3.30. The normalized spacial score (nSPS) is 11.3. The van der Waals surface area contributed by atoms with Crippen LogP contribution in [0.1, 0.15) is 0 Å². The molecule has 1 N–H and O–H groups in total. The number of methoxy groups -OCH3 is 1. The van der Waals surface area contributed by atoms with Crippen molar-refractivity contribution >= 4 is 37.5 Å². The largest absolute Gasteiger partial charge is 0.387 e. The summed E-state index contributed by atoms with van der Waals surface area (Å²) in [5, 5.41) is 4.02. The van der Waals surface area contributed by atoms with E-state index in [9.17, 15) is 4.79 Å². The van der Waals surface area contributed by atoms with Gasteiger partial charge in [0.15, 0.2) is 0 Å². The molecule has 0 spiro atoms. The number of anilines is 1. The number of hydrogen-bond donors (Lipinski definition) is 1. The summed E-state index contributed by atoms with van der Waals surface area (Å²) >= 11 is 1.38. The Morgan fingerprint density at radius 2 is 2.30 bits per heavy atom. The molecule has 3 rings (SSSR count). The second-order valence-electron chi connectivity index (χ2n) is 4.30. The van der Waals surface area contributed by atoms with Crippen LogP contribution in [0, 0.1) is 0 Å². The number of fused-ring (bicyclic) bond motifs is 3. The number of aromatic nitrogens is 3. The Balaban J connectivity index is 2.29. The molecule has 0 bridgehead atoms. The van der Waals surface area contributed by atoms with Crippen LogP contribution in [0.3, 0.4) is 0 Å². The number of thiophene rings is 1. The molecule has 0 aromatic carbocycles. The quantitative estimate of drug-likeness (QED) is 0.792. The SMILES string of the molecule is CNc1ccnc2sc3c(=O)n(CCOC)cnc3c12. The number of ether oxygens (including phenoxy) is 1. The monoisotopic (exact) mass is 290 g/mol. The van der Waals surface area contributed by atoms with E-state index in [0.29, 0.717) is 23.4 Å². The van der Waals surface area contributed by atoms with E-state index in [2.05, 4.69) is 15.3 Å². The van der Waals surface area contributed by atoms with Crippen molar-refractivity contribution in [3.05, 3.63) is 28.9 Å². The molecule has 20 heavy (non-hydrogen) atoms. The fraction of sp³-hybridized carbons (Fsp3) is 0.308. The molecule has 0 aliphatic heterocycles. The summed E-state index contributed by atoms with van der Waals surface area (Å²) in [7, 11) is 3.46. The number of rotatable bonds is 4. The smallest absolute Gasteiger partial charge is 0.271 e. The lowest BCUT2D eigenvalue weighted by Gasteiger charge is -2.04. The Bertz CT molecular complexity index is 824. The predicted octanol–water partition coefficient (Wildman–Crippen LogP) is 1.69. The van der Waals surface area contributed by atoms with Gasteiger partial charge >= 0.3 is 0 Å². The molecule has 0 aliphatic rings. The van der Waals surface area contributed by atoms with Gasteiger partial charge in [0, 0.05) is 26.0 Å². The van der Waals surface area contributed by atoms with Gasteiger partial charge in [-0.05, 0) is 6.07 Å². The van der Waals surface area contributed by atoms with Gasteiger partial charge in [-0.15, -0.1) is 11.3 Å². The lowest BCUT2D eigenvalue weighted by molar-refractivity contribution is 0.186. The maximum Gasteiger partial charge on any atom is 0.271 e. The first-order valence-corrected chi connectivity index (χ1v) is 7.01. The van der Waals surface area contributed by atoms with Gasteiger partial charge in [-0.3, -0.25) is 9.36 Å². The number of pyridine rings is 1. The van der Waals surface area contributed by atoms with Gasteiger partial charge in [-0.1, -0.05) is 0 Å². The fourth-order valence-electron chi connectivity index (χ4n) is 2.14. The lowest BCUT2D eigenvalue weighted by Crippen LogP contribution is -2.21. The van der Waals surface area contributed by atoms with Crippen LogP contribution in [-0.2, 0) is 11.3 Å². The molecule has 0 amide bonds. The van der Waals surface area contributed by atoms with E-state index in [-0.39, 0.29) is 5.56 Å². The summed E-state index contributed by atoms with van der Waals surface area (Å²) in [5.74, 6) is 0. The Hall–Kier alpha value is -1.99. The molecule has 0 saturated heterocycles. The molecule has 7 heteroatoms. The van der Waals surface area contributed by atoms with Crippen molar-refractivity contribution in [2.24, 2.45) is 0 Å². The van der Waals surface area contributed by atoms with Crippen molar-refractivity contribution in [2.45, 2.75) is 6.54 Å². The van der Waals surface area contributed by atoms with Crippen LogP contribution in [0.2, 0.25) is 0 Å². The Morgan fingerprint density at radius 3 is 3.05 bits per heavy atom. The van der Waals surface area contributed by atoms with Gasteiger partial charge in [-0.2, -0.15) is 0 Å². The number of nitrogens with zero attached hydrogens (tertiary/aromatic N) is 3. The molecule has 6 nitrogen and oxygen atoms in total. The van der Waals surface area contributed by atoms with Crippen molar-refractivity contribution in [1.82, 2.24) is 14.5 Å². The van der Waals surface area contributed by atoms with Crippen molar-refractivity contribution in [3.63, 3.8) is 0 Å². The highest BCUT2D eigenvalue weighted by atomic mass is 32.1. The highest BCUT2D eigenvalue weighted by Crippen LogP contribution is 2.33. The molecule has 0 saturated carbocycles. The molecular formula is C13H14N4O2S. The Kier molecular flexibility index (Phi) is 3.37. The Labute approximate surface area is 119 Å². The molecule has 0 unspecified atom stereocenters. The molecule has 104 valence electrons. The first-order valence-electron chi connectivity index (χ1n) is 6.19. The van der Waals surface area contributed by atoms with Gasteiger partial charge in [0.1, 0.15) is 9.53 Å². The topological polar surface area (TPSA) is 69.0 Å². The van der Waals surface area contributed by atoms with E-state index in [4.69, 9.17) is 4.74 Å². The Morgan fingerprint density at radius 1 is 1.45 bits per heavy atom. The van der Waals surface area contributed by atoms with E-state index in [1.165, 1.54) is 11.3 Å². The first kappa shape index (κ1) is 13.0. The molecule has 3 aromatic rings. The van der Waals surface area contributed by atoms with E-state index in [0.717, 1.165) is 15.9 Å². The van der Waals surface area contributed by atoms with Crippen LogP contribution >= 0.6 is 11.3 Å². The van der Waals surface area contributed by atoms with E-state index >= 15 is 0 Å². The van der Waals surface area contributed by atoms with Crippen LogP contribution in [0.4, 0.5) is 5.69 Å². The third kappa shape index (κ3) is 1.95. The second kappa shape index (κ2) is 5.18. The summed E-state index contributed by atoms with van der Waals surface area (Å²) in [5.41, 5.74) is 1.60. The van der Waals surface area contributed by atoms with Crippen LogP contribution in [0.5, 0.6) is 0 Å². The van der Waals surface area contributed by atoms with Gasteiger partial charge in [0.05, 0.1) is 30.4 Å². The van der Waals surface area contributed by atoms with E-state index in [1.807, 2.05) is 13.1 Å². The highest BCUT2D eigenvalue weighted by molar-refractivity contribution is 7.25.